The second-order valence-corrected chi connectivity index (χ2v) is 4.39. The summed E-state index contributed by atoms with van der Waals surface area (Å²) in [6.07, 6.45) is 1.36. The predicted molar refractivity (Wildman–Crippen MR) is 66.9 cm³/mol. The molecule has 2 unspecified atom stereocenters. The van der Waals surface area contributed by atoms with Gasteiger partial charge in [0, 0.05) is 13.7 Å². The lowest BCUT2D eigenvalue weighted by atomic mass is 9.86. The molecule has 94 valence electrons. The third kappa shape index (κ3) is 4.57. The number of rotatable bonds is 7. The summed E-state index contributed by atoms with van der Waals surface area (Å²) in [4.78, 5) is 11.3. The molecule has 0 amide bonds. The number of hydrogen-bond donors (Lipinski definition) is 1. The molecule has 0 radical (unpaired) electrons. The number of benzene rings is 1. The summed E-state index contributed by atoms with van der Waals surface area (Å²) in [6.45, 7) is 2.58. The highest BCUT2D eigenvalue weighted by Crippen LogP contribution is 2.21. The highest BCUT2D eigenvalue weighted by molar-refractivity contribution is 5.70. The number of carboxylic acids is 1. The van der Waals surface area contributed by atoms with E-state index in [1.165, 1.54) is 0 Å². The lowest BCUT2D eigenvalue weighted by Crippen LogP contribution is -2.24. The van der Waals surface area contributed by atoms with Gasteiger partial charge in [0.25, 0.3) is 0 Å². The number of aliphatic carboxylic acids is 1. The monoisotopic (exact) mass is 236 g/mol. The van der Waals surface area contributed by atoms with Crippen molar-refractivity contribution in [1.82, 2.24) is 0 Å². The quantitative estimate of drug-likeness (QED) is 0.791. The van der Waals surface area contributed by atoms with Gasteiger partial charge in [-0.05, 0) is 24.3 Å². The first-order chi connectivity index (χ1) is 8.15. The van der Waals surface area contributed by atoms with Crippen LogP contribution in [0.1, 0.15) is 18.9 Å². The van der Waals surface area contributed by atoms with Crippen molar-refractivity contribution < 1.29 is 14.6 Å². The van der Waals surface area contributed by atoms with Crippen LogP contribution in [-0.2, 0) is 16.0 Å². The molecular weight excluding hydrogens is 216 g/mol. The number of hydrogen-bond acceptors (Lipinski definition) is 2. The molecule has 0 saturated heterocycles. The maximum atomic E-state index is 11.3. The van der Waals surface area contributed by atoms with Crippen molar-refractivity contribution in [2.45, 2.75) is 19.8 Å². The molecule has 1 N–H and O–H groups in total. The lowest BCUT2D eigenvalue weighted by Gasteiger charge is -2.19. The van der Waals surface area contributed by atoms with Crippen LogP contribution >= 0.6 is 0 Å². The highest BCUT2D eigenvalue weighted by Gasteiger charge is 2.24. The lowest BCUT2D eigenvalue weighted by molar-refractivity contribution is -0.143. The predicted octanol–water partition coefficient (Wildman–Crippen LogP) is 2.60. The van der Waals surface area contributed by atoms with Gasteiger partial charge in [-0.1, -0.05) is 37.3 Å². The average molecular weight is 236 g/mol. The number of carboxylic acid groups (broad SMARTS) is 1. The molecule has 0 spiro atoms. The van der Waals surface area contributed by atoms with Gasteiger partial charge in [0.05, 0.1) is 5.92 Å². The Bertz CT molecular complexity index is 335. The van der Waals surface area contributed by atoms with E-state index in [0.717, 1.165) is 12.0 Å². The zero-order chi connectivity index (χ0) is 12.7. The summed E-state index contributed by atoms with van der Waals surface area (Å²) < 4.78 is 5.00. The van der Waals surface area contributed by atoms with Crippen LogP contribution in [0.15, 0.2) is 30.3 Å². The molecule has 3 heteroatoms. The Kier molecular flexibility index (Phi) is 5.70. The van der Waals surface area contributed by atoms with Crippen LogP contribution < -0.4 is 0 Å². The van der Waals surface area contributed by atoms with Crippen molar-refractivity contribution in [3.8, 4) is 0 Å². The molecule has 0 aliphatic heterocycles. The Labute approximate surface area is 102 Å². The van der Waals surface area contributed by atoms with Crippen LogP contribution in [0.5, 0.6) is 0 Å². The van der Waals surface area contributed by atoms with Gasteiger partial charge in [-0.2, -0.15) is 0 Å². The molecule has 0 bridgehead atoms. The second kappa shape index (κ2) is 7.07. The molecular formula is C14H20O3. The Morgan fingerprint density at radius 3 is 2.53 bits per heavy atom. The summed E-state index contributed by atoms with van der Waals surface area (Å²) in [6, 6.07) is 9.76. The van der Waals surface area contributed by atoms with E-state index >= 15 is 0 Å². The molecule has 0 saturated carbocycles. The largest absolute Gasteiger partial charge is 0.481 e. The van der Waals surface area contributed by atoms with Gasteiger partial charge in [-0.25, -0.2) is 0 Å². The summed E-state index contributed by atoms with van der Waals surface area (Å²) in [5.74, 6) is -0.947. The van der Waals surface area contributed by atoms with Crippen LogP contribution in [-0.4, -0.2) is 24.8 Å². The van der Waals surface area contributed by atoms with E-state index in [1.807, 2.05) is 37.3 Å². The van der Waals surface area contributed by atoms with Crippen LogP contribution in [0.2, 0.25) is 0 Å². The summed E-state index contributed by atoms with van der Waals surface area (Å²) in [7, 11) is 1.64. The minimum absolute atomic E-state index is 0.118. The SMILES string of the molecule is COCCC(C)C(Cc1ccccc1)C(=O)O. The average Bonchev–Trinajstić information content (AvgIpc) is 2.34. The van der Waals surface area contributed by atoms with Crippen molar-refractivity contribution in [3.63, 3.8) is 0 Å². The smallest absolute Gasteiger partial charge is 0.307 e. The van der Waals surface area contributed by atoms with Crippen LogP contribution in [0.4, 0.5) is 0 Å². The summed E-state index contributed by atoms with van der Waals surface area (Å²) in [5.41, 5.74) is 1.07. The van der Waals surface area contributed by atoms with Gasteiger partial charge in [0.15, 0.2) is 0 Å². The minimum atomic E-state index is -0.725. The molecule has 0 aliphatic rings. The van der Waals surface area contributed by atoms with E-state index in [2.05, 4.69) is 0 Å². The number of methoxy groups -OCH3 is 1. The summed E-state index contributed by atoms with van der Waals surface area (Å²) >= 11 is 0. The fraction of sp³-hybridized carbons (Fsp3) is 0.500. The molecule has 1 aromatic rings. The molecule has 3 nitrogen and oxygen atoms in total. The molecule has 1 aromatic carbocycles. The van der Waals surface area contributed by atoms with Gasteiger partial charge in [0.1, 0.15) is 0 Å². The summed E-state index contributed by atoms with van der Waals surface area (Å²) in [5, 5.41) is 9.26. The van der Waals surface area contributed by atoms with Gasteiger partial charge in [-0.15, -0.1) is 0 Å². The van der Waals surface area contributed by atoms with Gasteiger partial charge >= 0.3 is 5.97 Å². The first kappa shape index (κ1) is 13.7. The van der Waals surface area contributed by atoms with Crippen molar-refractivity contribution in [1.29, 1.82) is 0 Å². The molecule has 2 atom stereocenters. The first-order valence-corrected chi connectivity index (χ1v) is 5.90. The van der Waals surface area contributed by atoms with Gasteiger partial charge in [-0.3, -0.25) is 4.79 Å². The van der Waals surface area contributed by atoms with E-state index in [4.69, 9.17) is 4.74 Å². The first-order valence-electron chi connectivity index (χ1n) is 5.90. The highest BCUT2D eigenvalue weighted by atomic mass is 16.5. The van der Waals surface area contributed by atoms with Gasteiger partial charge in [0.2, 0.25) is 0 Å². The molecule has 0 heterocycles. The van der Waals surface area contributed by atoms with E-state index in [0.29, 0.717) is 13.0 Å². The van der Waals surface area contributed by atoms with Crippen LogP contribution in [0, 0.1) is 11.8 Å². The van der Waals surface area contributed by atoms with E-state index < -0.39 is 5.97 Å². The van der Waals surface area contributed by atoms with Crippen LogP contribution in [0.25, 0.3) is 0 Å². The van der Waals surface area contributed by atoms with E-state index in [1.54, 1.807) is 7.11 Å². The molecule has 0 fully saturated rings. The number of carbonyl (C=O) groups is 1. The molecule has 17 heavy (non-hydrogen) atoms. The fourth-order valence-electron chi connectivity index (χ4n) is 1.90. The van der Waals surface area contributed by atoms with Crippen molar-refractivity contribution in [2.24, 2.45) is 11.8 Å². The standard InChI is InChI=1S/C14H20O3/c1-11(8-9-17-2)13(14(15)16)10-12-6-4-3-5-7-12/h3-7,11,13H,8-10H2,1-2H3,(H,15,16). The molecule has 1 rings (SSSR count). The van der Waals surface area contributed by atoms with Gasteiger partial charge < -0.3 is 9.84 Å². The van der Waals surface area contributed by atoms with Crippen molar-refractivity contribution in [2.75, 3.05) is 13.7 Å². The minimum Gasteiger partial charge on any atom is -0.481 e. The maximum Gasteiger partial charge on any atom is 0.307 e. The van der Waals surface area contributed by atoms with Crippen molar-refractivity contribution >= 4 is 5.97 Å². The van der Waals surface area contributed by atoms with Crippen molar-refractivity contribution in [3.05, 3.63) is 35.9 Å². The Morgan fingerprint density at radius 1 is 1.35 bits per heavy atom. The zero-order valence-electron chi connectivity index (χ0n) is 10.4. The van der Waals surface area contributed by atoms with Crippen LogP contribution in [0.3, 0.4) is 0 Å². The Morgan fingerprint density at radius 2 is 2.00 bits per heavy atom. The molecule has 0 aliphatic carbocycles. The van der Waals surface area contributed by atoms with E-state index in [9.17, 15) is 9.90 Å². The third-order valence-electron chi connectivity index (χ3n) is 3.08. The number of ether oxygens (including phenoxy) is 1. The molecule has 0 aromatic heterocycles. The third-order valence-corrected chi connectivity index (χ3v) is 3.08. The zero-order valence-corrected chi connectivity index (χ0v) is 10.4. The Hall–Kier alpha value is -1.35. The Balaban J connectivity index is 2.63. The second-order valence-electron chi connectivity index (χ2n) is 4.39. The normalized spacial score (nSPS) is 14.2. The topological polar surface area (TPSA) is 46.5 Å². The maximum absolute atomic E-state index is 11.3. The van der Waals surface area contributed by atoms with E-state index in [-0.39, 0.29) is 11.8 Å². The fourth-order valence-corrected chi connectivity index (χ4v) is 1.90.